The first-order valence-electron chi connectivity index (χ1n) is 7.40. The Morgan fingerprint density at radius 3 is 2.86 bits per heavy atom. The van der Waals surface area contributed by atoms with Crippen molar-refractivity contribution < 1.29 is 4.74 Å². The first-order valence-corrected chi connectivity index (χ1v) is 8.19. The number of aromatic nitrogens is 1. The fourth-order valence-corrected chi connectivity index (χ4v) is 2.61. The summed E-state index contributed by atoms with van der Waals surface area (Å²) in [5.74, 6) is 1.58. The number of rotatable bonds is 6. The number of benzene rings is 1. The monoisotopic (exact) mass is 346 g/mol. The lowest BCUT2D eigenvalue weighted by molar-refractivity contribution is 0.447. The average Bonchev–Trinajstić information content (AvgIpc) is 3.32. The van der Waals surface area contributed by atoms with Crippen LogP contribution in [0.15, 0.2) is 41.0 Å². The van der Waals surface area contributed by atoms with Gasteiger partial charge in [0, 0.05) is 28.8 Å². The van der Waals surface area contributed by atoms with Crippen LogP contribution in [0.2, 0.25) is 0 Å². The highest BCUT2D eigenvalue weighted by molar-refractivity contribution is 9.10. The van der Waals surface area contributed by atoms with E-state index in [1.807, 2.05) is 18.2 Å². The second-order valence-electron chi connectivity index (χ2n) is 5.34. The molecule has 3 rings (SSSR count). The third-order valence-electron chi connectivity index (χ3n) is 3.61. The number of halogens is 1. The van der Waals surface area contributed by atoms with Gasteiger partial charge in [-0.2, -0.15) is 0 Å². The van der Waals surface area contributed by atoms with Crippen molar-refractivity contribution in [2.24, 2.45) is 0 Å². The number of ether oxygens (including phenoxy) is 1. The van der Waals surface area contributed by atoms with E-state index in [0.29, 0.717) is 11.9 Å². The van der Waals surface area contributed by atoms with Gasteiger partial charge in [-0.15, -0.1) is 0 Å². The maximum absolute atomic E-state index is 6.07. The predicted molar refractivity (Wildman–Crippen MR) is 87.7 cm³/mol. The molecule has 1 fully saturated rings. The van der Waals surface area contributed by atoms with Gasteiger partial charge in [0.25, 0.3) is 0 Å². The molecule has 0 aliphatic heterocycles. The Kier molecular flexibility index (Phi) is 4.56. The minimum atomic E-state index is 0.666. The minimum absolute atomic E-state index is 0.666. The standard InChI is InChI=1S/C17H19BrN2O/c1-2-12-5-3-4-6-16(12)21-17-13(9-14(18)11-20-17)10-19-15-7-8-15/h3-6,9,11,15,19H,2,7-8,10H2,1H3. The van der Waals surface area contributed by atoms with Gasteiger partial charge in [-0.1, -0.05) is 25.1 Å². The lowest BCUT2D eigenvalue weighted by Gasteiger charge is -2.13. The minimum Gasteiger partial charge on any atom is -0.438 e. The van der Waals surface area contributed by atoms with Crippen LogP contribution in [0.4, 0.5) is 0 Å². The molecular weight excluding hydrogens is 328 g/mol. The highest BCUT2D eigenvalue weighted by Gasteiger charge is 2.21. The smallest absolute Gasteiger partial charge is 0.223 e. The zero-order valence-electron chi connectivity index (χ0n) is 12.1. The summed E-state index contributed by atoms with van der Waals surface area (Å²) in [5, 5.41) is 3.51. The molecule has 0 saturated heterocycles. The molecule has 0 atom stereocenters. The second-order valence-corrected chi connectivity index (χ2v) is 6.25. The first kappa shape index (κ1) is 14.5. The maximum atomic E-state index is 6.07. The summed E-state index contributed by atoms with van der Waals surface area (Å²) in [5.41, 5.74) is 2.28. The van der Waals surface area contributed by atoms with E-state index in [1.54, 1.807) is 6.20 Å². The SMILES string of the molecule is CCc1ccccc1Oc1ncc(Br)cc1CNC1CC1. The summed E-state index contributed by atoms with van der Waals surface area (Å²) in [6.07, 6.45) is 5.28. The number of para-hydroxylation sites is 1. The van der Waals surface area contributed by atoms with E-state index in [-0.39, 0.29) is 0 Å². The van der Waals surface area contributed by atoms with Gasteiger partial charge in [0.1, 0.15) is 5.75 Å². The highest BCUT2D eigenvalue weighted by atomic mass is 79.9. The predicted octanol–water partition coefficient (Wildman–Crippen LogP) is 4.45. The van der Waals surface area contributed by atoms with Crippen molar-refractivity contribution >= 4 is 15.9 Å². The van der Waals surface area contributed by atoms with E-state index in [1.165, 1.54) is 18.4 Å². The van der Waals surface area contributed by atoms with Gasteiger partial charge in [-0.25, -0.2) is 4.98 Å². The zero-order chi connectivity index (χ0) is 14.7. The van der Waals surface area contributed by atoms with Crippen LogP contribution >= 0.6 is 15.9 Å². The Hall–Kier alpha value is -1.39. The third kappa shape index (κ3) is 3.83. The van der Waals surface area contributed by atoms with Crippen molar-refractivity contribution in [3.8, 4) is 11.6 Å². The molecule has 1 aliphatic rings. The fourth-order valence-electron chi connectivity index (χ4n) is 2.23. The van der Waals surface area contributed by atoms with Gasteiger partial charge in [0.15, 0.2) is 0 Å². The molecule has 3 nitrogen and oxygen atoms in total. The van der Waals surface area contributed by atoms with Gasteiger partial charge < -0.3 is 10.1 Å². The fraction of sp³-hybridized carbons (Fsp3) is 0.353. The van der Waals surface area contributed by atoms with Crippen LogP contribution in [0.25, 0.3) is 0 Å². The summed E-state index contributed by atoms with van der Waals surface area (Å²) in [6, 6.07) is 10.9. The van der Waals surface area contributed by atoms with E-state index < -0.39 is 0 Å². The van der Waals surface area contributed by atoms with Gasteiger partial charge in [-0.3, -0.25) is 0 Å². The van der Waals surface area contributed by atoms with Crippen LogP contribution in [0, 0.1) is 0 Å². The van der Waals surface area contributed by atoms with Crippen LogP contribution in [0.3, 0.4) is 0 Å². The molecule has 0 radical (unpaired) electrons. The quantitative estimate of drug-likeness (QED) is 0.838. The first-order chi connectivity index (χ1) is 10.3. The molecule has 21 heavy (non-hydrogen) atoms. The number of nitrogens with zero attached hydrogens (tertiary/aromatic N) is 1. The molecule has 1 aliphatic carbocycles. The Bertz CT molecular complexity index is 626. The van der Waals surface area contributed by atoms with Crippen LogP contribution in [0.5, 0.6) is 11.6 Å². The molecule has 2 aromatic rings. The summed E-state index contributed by atoms with van der Waals surface area (Å²) in [4.78, 5) is 4.44. The Morgan fingerprint density at radius 2 is 2.10 bits per heavy atom. The van der Waals surface area contributed by atoms with Gasteiger partial charge in [0.2, 0.25) is 5.88 Å². The molecule has 0 unspecified atom stereocenters. The van der Waals surface area contributed by atoms with E-state index >= 15 is 0 Å². The normalized spacial score (nSPS) is 14.2. The van der Waals surface area contributed by atoms with Crippen molar-refractivity contribution in [1.29, 1.82) is 0 Å². The van der Waals surface area contributed by atoms with Crippen molar-refractivity contribution in [3.63, 3.8) is 0 Å². The van der Waals surface area contributed by atoms with Crippen LogP contribution in [-0.4, -0.2) is 11.0 Å². The van der Waals surface area contributed by atoms with Gasteiger partial charge in [-0.05, 0) is 52.9 Å². The number of nitrogens with one attached hydrogen (secondary N) is 1. The maximum Gasteiger partial charge on any atom is 0.223 e. The number of hydrogen-bond donors (Lipinski definition) is 1. The molecule has 1 saturated carbocycles. The summed E-state index contributed by atoms with van der Waals surface area (Å²) >= 11 is 3.49. The molecule has 110 valence electrons. The van der Waals surface area contributed by atoms with Crippen molar-refractivity contribution in [1.82, 2.24) is 10.3 Å². The Balaban J connectivity index is 1.82. The molecule has 1 aromatic heterocycles. The van der Waals surface area contributed by atoms with Crippen molar-refractivity contribution in [2.75, 3.05) is 0 Å². The zero-order valence-corrected chi connectivity index (χ0v) is 13.7. The van der Waals surface area contributed by atoms with Crippen molar-refractivity contribution in [3.05, 3.63) is 52.1 Å². The molecule has 1 N–H and O–H groups in total. The highest BCUT2D eigenvalue weighted by Crippen LogP contribution is 2.29. The molecule has 0 spiro atoms. The third-order valence-corrected chi connectivity index (χ3v) is 4.04. The largest absolute Gasteiger partial charge is 0.438 e. The number of hydrogen-bond acceptors (Lipinski definition) is 3. The summed E-state index contributed by atoms with van der Waals surface area (Å²) < 4.78 is 7.05. The molecule has 1 heterocycles. The molecule has 0 bridgehead atoms. The van der Waals surface area contributed by atoms with Crippen molar-refractivity contribution in [2.45, 2.75) is 38.8 Å². The van der Waals surface area contributed by atoms with E-state index in [4.69, 9.17) is 4.74 Å². The summed E-state index contributed by atoms with van der Waals surface area (Å²) in [6.45, 7) is 2.92. The van der Waals surface area contributed by atoms with E-state index in [0.717, 1.165) is 28.8 Å². The molecule has 4 heteroatoms. The lowest BCUT2D eigenvalue weighted by atomic mass is 10.1. The Morgan fingerprint density at radius 1 is 1.29 bits per heavy atom. The topological polar surface area (TPSA) is 34.1 Å². The van der Waals surface area contributed by atoms with E-state index in [2.05, 4.69) is 45.3 Å². The van der Waals surface area contributed by atoms with Crippen LogP contribution in [-0.2, 0) is 13.0 Å². The average molecular weight is 347 g/mol. The Labute approximate surface area is 133 Å². The molecule has 1 aromatic carbocycles. The number of pyridine rings is 1. The van der Waals surface area contributed by atoms with E-state index in [9.17, 15) is 0 Å². The van der Waals surface area contributed by atoms with Gasteiger partial charge in [0.05, 0.1) is 0 Å². The molecular formula is C17H19BrN2O. The summed E-state index contributed by atoms with van der Waals surface area (Å²) in [7, 11) is 0. The lowest BCUT2D eigenvalue weighted by Crippen LogP contribution is -2.16. The van der Waals surface area contributed by atoms with Gasteiger partial charge >= 0.3 is 0 Å². The molecule has 0 amide bonds. The van der Waals surface area contributed by atoms with Crippen LogP contribution < -0.4 is 10.1 Å². The number of aryl methyl sites for hydroxylation is 1. The van der Waals surface area contributed by atoms with Crippen LogP contribution in [0.1, 0.15) is 30.9 Å². The second kappa shape index (κ2) is 6.58.